The Morgan fingerprint density at radius 2 is 2.24 bits per heavy atom. The minimum Gasteiger partial charge on any atom is -0.276 e. The van der Waals surface area contributed by atoms with Crippen molar-refractivity contribution in [3.63, 3.8) is 0 Å². The second-order valence-corrected chi connectivity index (χ2v) is 4.22. The first-order valence-electron chi connectivity index (χ1n) is 5.48. The first-order chi connectivity index (χ1) is 8.08. The topological polar surface area (TPSA) is 50.7 Å². The molecule has 2 rings (SSSR count). The smallest absolute Gasteiger partial charge is 0.276 e. The summed E-state index contributed by atoms with van der Waals surface area (Å²) in [5, 5.41) is 6.38. The third kappa shape index (κ3) is 2.43. The highest BCUT2D eigenvalue weighted by molar-refractivity contribution is 5.20. The molecule has 0 unspecified atom stereocenters. The molecule has 1 aromatic heterocycles. The molecule has 1 aromatic carbocycles. The van der Waals surface area contributed by atoms with Crippen LogP contribution < -0.4 is 5.69 Å². The maximum Gasteiger partial charge on any atom is 0.343 e. The summed E-state index contributed by atoms with van der Waals surface area (Å²) in [4.78, 5) is 11.5. The number of rotatable bonds is 3. The van der Waals surface area contributed by atoms with Gasteiger partial charge in [0.05, 0.1) is 0 Å². The Hall–Kier alpha value is -1.91. The molecule has 1 heterocycles. The average Bonchev–Trinajstić information content (AvgIpc) is 2.59. The highest BCUT2D eigenvalue weighted by atomic mass is 19.1. The van der Waals surface area contributed by atoms with Crippen LogP contribution in [0.4, 0.5) is 4.39 Å². The van der Waals surface area contributed by atoms with Gasteiger partial charge in [0.15, 0.2) is 0 Å². The maximum absolute atomic E-state index is 13.0. The van der Waals surface area contributed by atoms with Gasteiger partial charge in [0.1, 0.15) is 11.6 Å². The van der Waals surface area contributed by atoms with E-state index in [1.807, 2.05) is 19.9 Å². The van der Waals surface area contributed by atoms with Gasteiger partial charge in [-0.15, -0.1) is 0 Å². The van der Waals surface area contributed by atoms with Gasteiger partial charge in [-0.1, -0.05) is 12.1 Å². The standard InChI is InChI=1S/C12H14FN3O/c1-8(2)16-11(14-15-12(16)17)7-9-4-3-5-10(13)6-9/h3-6,8H,7H2,1-2H3,(H,15,17). The Labute approximate surface area is 98.1 Å². The average molecular weight is 235 g/mol. The molecule has 5 heteroatoms. The van der Waals surface area contributed by atoms with Crippen LogP contribution in [-0.2, 0) is 6.42 Å². The van der Waals surface area contributed by atoms with Crippen molar-refractivity contribution >= 4 is 0 Å². The van der Waals surface area contributed by atoms with Crippen LogP contribution in [0.5, 0.6) is 0 Å². The van der Waals surface area contributed by atoms with Gasteiger partial charge >= 0.3 is 5.69 Å². The highest BCUT2D eigenvalue weighted by Gasteiger charge is 2.11. The van der Waals surface area contributed by atoms with Gasteiger partial charge in [-0.05, 0) is 31.5 Å². The van der Waals surface area contributed by atoms with Crippen LogP contribution >= 0.6 is 0 Å². The molecule has 0 saturated heterocycles. The molecular formula is C12H14FN3O. The minimum atomic E-state index is -0.281. The molecule has 2 aromatic rings. The molecule has 0 amide bonds. The highest BCUT2D eigenvalue weighted by Crippen LogP contribution is 2.10. The van der Waals surface area contributed by atoms with Gasteiger partial charge in [-0.25, -0.2) is 14.3 Å². The van der Waals surface area contributed by atoms with Crippen molar-refractivity contribution in [2.45, 2.75) is 26.3 Å². The molecule has 0 radical (unpaired) electrons. The third-order valence-electron chi connectivity index (χ3n) is 2.55. The van der Waals surface area contributed by atoms with E-state index in [1.54, 1.807) is 10.6 Å². The van der Waals surface area contributed by atoms with E-state index in [0.717, 1.165) is 5.56 Å². The van der Waals surface area contributed by atoms with Crippen LogP contribution in [0.1, 0.15) is 31.3 Å². The van der Waals surface area contributed by atoms with Crippen LogP contribution in [0, 0.1) is 5.82 Å². The van der Waals surface area contributed by atoms with E-state index >= 15 is 0 Å². The normalized spacial score (nSPS) is 11.1. The van der Waals surface area contributed by atoms with Crippen LogP contribution in [0.3, 0.4) is 0 Å². The fourth-order valence-electron chi connectivity index (χ4n) is 1.82. The van der Waals surface area contributed by atoms with Crippen molar-refractivity contribution in [1.82, 2.24) is 14.8 Å². The fourth-order valence-corrected chi connectivity index (χ4v) is 1.82. The Bertz CT molecular complexity index is 571. The first-order valence-corrected chi connectivity index (χ1v) is 5.48. The van der Waals surface area contributed by atoms with Crippen molar-refractivity contribution in [3.8, 4) is 0 Å². The molecule has 0 fully saturated rings. The lowest BCUT2D eigenvalue weighted by Crippen LogP contribution is -2.21. The molecule has 0 aliphatic heterocycles. The summed E-state index contributed by atoms with van der Waals surface area (Å²) in [5.41, 5.74) is 0.567. The van der Waals surface area contributed by atoms with Crippen molar-refractivity contribution in [1.29, 1.82) is 0 Å². The third-order valence-corrected chi connectivity index (χ3v) is 2.55. The van der Waals surface area contributed by atoms with Gasteiger partial charge in [0, 0.05) is 12.5 Å². The molecule has 0 spiro atoms. The summed E-state index contributed by atoms with van der Waals surface area (Å²) in [5.74, 6) is 0.340. The van der Waals surface area contributed by atoms with E-state index in [1.165, 1.54) is 12.1 Å². The molecule has 0 saturated carbocycles. The summed E-state index contributed by atoms with van der Waals surface area (Å²) >= 11 is 0. The van der Waals surface area contributed by atoms with E-state index in [4.69, 9.17) is 0 Å². The van der Waals surface area contributed by atoms with Crippen molar-refractivity contribution in [2.24, 2.45) is 0 Å². The molecule has 0 aliphatic carbocycles. The van der Waals surface area contributed by atoms with Gasteiger partial charge in [-0.3, -0.25) is 4.57 Å². The van der Waals surface area contributed by atoms with E-state index in [2.05, 4.69) is 10.2 Å². The molecule has 1 N–H and O–H groups in total. The zero-order valence-electron chi connectivity index (χ0n) is 9.77. The van der Waals surface area contributed by atoms with Gasteiger partial charge in [-0.2, -0.15) is 5.10 Å². The number of hydrogen-bond acceptors (Lipinski definition) is 2. The number of nitrogens with zero attached hydrogens (tertiary/aromatic N) is 2. The molecule has 0 bridgehead atoms. The molecule has 0 aliphatic rings. The fraction of sp³-hybridized carbons (Fsp3) is 0.333. The first kappa shape index (κ1) is 11.6. The SMILES string of the molecule is CC(C)n1c(Cc2cccc(F)c2)n[nH]c1=O. The van der Waals surface area contributed by atoms with Gasteiger partial charge in [0.2, 0.25) is 0 Å². The van der Waals surface area contributed by atoms with Crippen LogP contribution in [0.15, 0.2) is 29.1 Å². The summed E-state index contributed by atoms with van der Waals surface area (Å²) in [6, 6.07) is 6.33. The van der Waals surface area contributed by atoms with Crippen molar-refractivity contribution < 1.29 is 4.39 Å². The van der Waals surface area contributed by atoms with E-state index in [0.29, 0.717) is 12.2 Å². The van der Waals surface area contributed by atoms with Gasteiger partial charge in [0.25, 0.3) is 0 Å². The number of hydrogen-bond donors (Lipinski definition) is 1. The molecular weight excluding hydrogens is 221 g/mol. The molecule has 4 nitrogen and oxygen atoms in total. The van der Waals surface area contributed by atoms with E-state index in [-0.39, 0.29) is 17.5 Å². The molecule has 0 atom stereocenters. The van der Waals surface area contributed by atoms with Crippen LogP contribution in [-0.4, -0.2) is 14.8 Å². The Kier molecular flexibility index (Phi) is 3.08. The van der Waals surface area contributed by atoms with Crippen molar-refractivity contribution in [2.75, 3.05) is 0 Å². The lowest BCUT2D eigenvalue weighted by molar-refractivity contribution is 0.557. The number of H-pyrrole nitrogens is 1. The Morgan fingerprint density at radius 1 is 1.47 bits per heavy atom. The van der Waals surface area contributed by atoms with Crippen molar-refractivity contribution in [3.05, 3.63) is 52.0 Å². The van der Waals surface area contributed by atoms with Crippen LogP contribution in [0.2, 0.25) is 0 Å². The zero-order valence-corrected chi connectivity index (χ0v) is 9.77. The largest absolute Gasteiger partial charge is 0.343 e. The Balaban J connectivity index is 2.34. The van der Waals surface area contributed by atoms with E-state index in [9.17, 15) is 9.18 Å². The molecule has 17 heavy (non-hydrogen) atoms. The quantitative estimate of drug-likeness (QED) is 0.883. The summed E-state index contributed by atoms with van der Waals surface area (Å²) in [7, 11) is 0. The second-order valence-electron chi connectivity index (χ2n) is 4.22. The summed E-state index contributed by atoms with van der Waals surface area (Å²) in [6.07, 6.45) is 0.439. The van der Waals surface area contributed by atoms with E-state index < -0.39 is 0 Å². The predicted molar refractivity (Wildman–Crippen MR) is 62.4 cm³/mol. The number of aromatic nitrogens is 3. The number of halogens is 1. The number of benzene rings is 1. The van der Waals surface area contributed by atoms with Gasteiger partial charge < -0.3 is 0 Å². The summed E-state index contributed by atoms with van der Waals surface area (Å²) < 4.78 is 14.6. The maximum atomic E-state index is 13.0. The lowest BCUT2D eigenvalue weighted by atomic mass is 10.1. The second kappa shape index (κ2) is 4.53. The number of nitrogens with one attached hydrogen (secondary N) is 1. The Morgan fingerprint density at radius 3 is 2.88 bits per heavy atom. The minimum absolute atomic E-state index is 0.0322. The van der Waals surface area contributed by atoms with Crippen LogP contribution in [0.25, 0.3) is 0 Å². The lowest BCUT2D eigenvalue weighted by Gasteiger charge is -2.08. The predicted octanol–water partition coefficient (Wildman–Crippen LogP) is 1.88. The monoisotopic (exact) mass is 235 g/mol. The zero-order chi connectivity index (χ0) is 12.4. The number of aromatic amines is 1. The summed E-state index contributed by atoms with van der Waals surface area (Å²) in [6.45, 7) is 3.82. The molecule has 90 valence electrons.